The van der Waals surface area contributed by atoms with Crippen LogP contribution in [0, 0.1) is 0 Å². The zero-order valence-electron chi connectivity index (χ0n) is 11.4. The fourth-order valence-electron chi connectivity index (χ4n) is 1.85. The van der Waals surface area contributed by atoms with E-state index in [9.17, 15) is 0 Å². The van der Waals surface area contributed by atoms with Crippen LogP contribution in [0.5, 0.6) is 0 Å². The van der Waals surface area contributed by atoms with Gasteiger partial charge in [-0.25, -0.2) is 0 Å². The Labute approximate surface area is 112 Å². The first-order valence-electron chi connectivity index (χ1n) is 6.48. The van der Waals surface area contributed by atoms with E-state index in [1.165, 1.54) is 11.1 Å². The van der Waals surface area contributed by atoms with Crippen molar-refractivity contribution in [3.63, 3.8) is 0 Å². The van der Waals surface area contributed by atoms with Crippen molar-refractivity contribution in [2.24, 2.45) is 0 Å². The Bertz CT molecular complexity index is 352. The van der Waals surface area contributed by atoms with Crippen LogP contribution in [-0.4, -0.2) is 29.0 Å². The van der Waals surface area contributed by atoms with Crippen molar-refractivity contribution >= 4 is 15.1 Å². The van der Waals surface area contributed by atoms with Crippen LogP contribution in [0.4, 0.5) is 0 Å². The summed E-state index contributed by atoms with van der Waals surface area (Å²) in [6, 6.07) is 9.50. The molecule has 0 amide bonds. The molecule has 0 fully saturated rings. The zero-order chi connectivity index (χ0) is 13.2. The van der Waals surface area contributed by atoms with Crippen molar-refractivity contribution in [3.05, 3.63) is 42.0 Å². The third kappa shape index (κ3) is 5.17. The predicted octanol–water partition coefficient (Wildman–Crippen LogP) is 3.48. The standard InChI is InChI=1S/C15H23O2Si/c1-4-14-9-6-7-10-15(14)11-8-12-17-18(5-2)13-16-3/h4,6-7,9-10H,1,5,8,11-13H2,2-3H3. The highest BCUT2D eigenvalue weighted by molar-refractivity contribution is 6.51. The molecule has 0 aliphatic heterocycles. The fourth-order valence-corrected chi connectivity index (χ4v) is 3.09. The van der Waals surface area contributed by atoms with E-state index in [0.717, 1.165) is 31.7 Å². The van der Waals surface area contributed by atoms with Crippen LogP contribution < -0.4 is 0 Å². The molecule has 0 saturated carbocycles. The summed E-state index contributed by atoms with van der Waals surface area (Å²) in [7, 11) is 0.994. The average molecular weight is 263 g/mol. The maximum absolute atomic E-state index is 5.88. The summed E-state index contributed by atoms with van der Waals surface area (Å²) in [6.07, 6.45) is 4.81. The molecule has 0 aromatic heterocycles. The van der Waals surface area contributed by atoms with Gasteiger partial charge in [0.1, 0.15) is 0 Å². The third-order valence-corrected chi connectivity index (χ3v) is 4.88. The molecule has 3 heteroatoms. The second-order valence-electron chi connectivity index (χ2n) is 4.18. The van der Waals surface area contributed by atoms with E-state index >= 15 is 0 Å². The molecule has 0 N–H and O–H groups in total. The van der Waals surface area contributed by atoms with E-state index < -0.39 is 9.04 Å². The number of hydrogen-bond acceptors (Lipinski definition) is 2. The highest BCUT2D eigenvalue weighted by Gasteiger charge is 2.09. The van der Waals surface area contributed by atoms with Crippen LogP contribution >= 0.6 is 0 Å². The molecular formula is C15H23O2Si. The van der Waals surface area contributed by atoms with E-state index in [4.69, 9.17) is 9.16 Å². The topological polar surface area (TPSA) is 18.5 Å². The lowest BCUT2D eigenvalue weighted by molar-refractivity contribution is 0.216. The van der Waals surface area contributed by atoms with Crippen LogP contribution in [0.3, 0.4) is 0 Å². The molecule has 99 valence electrons. The molecule has 2 nitrogen and oxygen atoms in total. The van der Waals surface area contributed by atoms with Crippen LogP contribution in [0.25, 0.3) is 6.08 Å². The summed E-state index contributed by atoms with van der Waals surface area (Å²) >= 11 is 0. The van der Waals surface area contributed by atoms with Gasteiger partial charge in [0.25, 0.3) is 0 Å². The first kappa shape index (κ1) is 15.2. The molecule has 18 heavy (non-hydrogen) atoms. The number of methoxy groups -OCH3 is 1. The van der Waals surface area contributed by atoms with E-state index in [1.807, 2.05) is 12.1 Å². The number of benzene rings is 1. The first-order valence-corrected chi connectivity index (χ1v) is 8.30. The summed E-state index contributed by atoms with van der Waals surface area (Å²) in [5.41, 5.74) is 2.59. The molecule has 0 unspecified atom stereocenters. The molecular weight excluding hydrogens is 240 g/mol. The molecule has 1 aromatic rings. The molecule has 1 rings (SSSR count). The van der Waals surface area contributed by atoms with Gasteiger partial charge in [-0.15, -0.1) is 0 Å². The first-order chi connectivity index (χ1) is 8.81. The molecule has 0 heterocycles. The van der Waals surface area contributed by atoms with Crippen LogP contribution in [-0.2, 0) is 15.6 Å². The summed E-state index contributed by atoms with van der Waals surface area (Å²) in [4.78, 5) is 0. The van der Waals surface area contributed by atoms with Gasteiger partial charge in [-0.05, 0) is 30.0 Å². The molecule has 1 aromatic carbocycles. The molecule has 0 spiro atoms. The predicted molar refractivity (Wildman–Crippen MR) is 78.9 cm³/mol. The van der Waals surface area contributed by atoms with Gasteiger partial charge in [0.05, 0.1) is 6.23 Å². The quantitative estimate of drug-likeness (QED) is 0.502. The Balaban J connectivity index is 2.31. The lowest BCUT2D eigenvalue weighted by atomic mass is 10.0. The van der Waals surface area contributed by atoms with Gasteiger partial charge >= 0.3 is 0 Å². The van der Waals surface area contributed by atoms with E-state index in [0.29, 0.717) is 0 Å². The Hall–Kier alpha value is -0.903. The Morgan fingerprint density at radius 2 is 2.11 bits per heavy atom. The minimum atomic E-state index is -0.747. The normalized spacial score (nSPS) is 10.8. The van der Waals surface area contributed by atoms with Crippen LogP contribution in [0.15, 0.2) is 30.8 Å². The van der Waals surface area contributed by atoms with Crippen molar-refractivity contribution < 1.29 is 9.16 Å². The summed E-state index contributed by atoms with van der Waals surface area (Å²) < 4.78 is 11.0. The smallest absolute Gasteiger partial charge is 0.237 e. The van der Waals surface area contributed by atoms with Crippen LogP contribution in [0.1, 0.15) is 24.5 Å². The fraction of sp³-hybridized carbons (Fsp3) is 0.467. The molecule has 1 radical (unpaired) electrons. The molecule has 0 aliphatic carbocycles. The molecule has 0 saturated heterocycles. The number of aryl methyl sites for hydroxylation is 1. The number of rotatable bonds is 9. The summed E-state index contributed by atoms with van der Waals surface area (Å²) in [5.74, 6) is 0. The SMILES string of the molecule is C=Cc1ccccc1CCCO[Si](CC)COC. The molecule has 0 bridgehead atoms. The Morgan fingerprint density at radius 3 is 2.78 bits per heavy atom. The van der Waals surface area contributed by atoms with Gasteiger partial charge in [0.2, 0.25) is 9.04 Å². The third-order valence-electron chi connectivity index (χ3n) is 2.87. The zero-order valence-corrected chi connectivity index (χ0v) is 12.4. The largest absolute Gasteiger partial charge is 0.414 e. The van der Waals surface area contributed by atoms with Crippen molar-refractivity contribution in [1.29, 1.82) is 0 Å². The monoisotopic (exact) mass is 263 g/mol. The lowest BCUT2D eigenvalue weighted by Crippen LogP contribution is -2.24. The average Bonchev–Trinajstić information content (AvgIpc) is 2.42. The van der Waals surface area contributed by atoms with E-state index in [2.05, 4.69) is 31.7 Å². The van der Waals surface area contributed by atoms with Gasteiger partial charge in [-0.2, -0.15) is 0 Å². The van der Waals surface area contributed by atoms with Gasteiger partial charge in [0, 0.05) is 13.7 Å². The summed E-state index contributed by atoms with van der Waals surface area (Å²) in [5, 5.41) is 0. The highest BCUT2D eigenvalue weighted by Crippen LogP contribution is 2.12. The number of hydrogen-bond donors (Lipinski definition) is 0. The van der Waals surface area contributed by atoms with Crippen molar-refractivity contribution in [2.45, 2.75) is 25.8 Å². The maximum Gasteiger partial charge on any atom is 0.237 e. The van der Waals surface area contributed by atoms with Gasteiger partial charge in [-0.1, -0.05) is 43.8 Å². The second-order valence-corrected chi connectivity index (χ2v) is 6.54. The van der Waals surface area contributed by atoms with Crippen molar-refractivity contribution in [1.82, 2.24) is 0 Å². The van der Waals surface area contributed by atoms with E-state index in [-0.39, 0.29) is 0 Å². The highest BCUT2D eigenvalue weighted by atomic mass is 28.3. The summed E-state index contributed by atoms with van der Waals surface area (Å²) in [6.45, 7) is 6.84. The number of ether oxygens (including phenoxy) is 1. The van der Waals surface area contributed by atoms with Crippen molar-refractivity contribution in [3.8, 4) is 0 Å². The van der Waals surface area contributed by atoms with Crippen molar-refractivity contribution in [2.75, 3.05) is 19.9 Å². The second kappa shape index (κ2) is 9.08. The van der Waals surface area contributed by atoms with E-state index in [1.54, 1.807) is 7.11 Å². The van der Waals surface area contributed by atoms with Gasteiger partial charge in [-0.3, -0.25) is 0 Å². The lowest BCUT2D eigenvalue weighted by Gasteiger charge is -2.12. The van der Waals surface area contributed by atoms with Crippen LogP contribution in [0.2, 0.25) is 6.04 Å². The molecule has 0 atom stereocenters. The maximum atomic E-state index is 5.88. The minimum absolute atomic E-state index is 0.747. The molecule has 0 aliphatic rings. The Morgan fingerprint density at radius 1 is 1.33 bits per heavy atom. The van der Waals surface area contributed by atoms with Gasteiger partial charge in [0.15, 0.2) is 0 Å². The Kier molecular flexibility index (Phi) is 7.65. The minimum Gasteiger partial charge on any atom is -0.414 e. The van der Waals surface area contributed by atoms with Gasteiger partial charge < -0.3 is 9.16 Å².